The zero-order chi connectivity index (χ0) is 23.9. The summed E-state index contributed by atoms with van der Waals surface area (Å²) in [5.41, 5.74) is 1.93. The van der Waals surface area contributed by atoms with Crippen LogP contribution in [-0.2, 0) is 11.3 Å². The number of likely N-dealkylation sites (tertiary alicyclic amines) is 1. The van der Waals surface area contributed by atoms with Crippen LogP contribution in [0, 0.1) is 0 Å². The van der Waals surface area contributed by atoms with E-state index in [4.69, 9.17) is 4.74 Å². The van der Waals surface area contributed by atoms with Gasteiger partial charge in [-0.1, -0.05) is 36.4 Å². The summed E-state index contributed by atoms with van der Waals surface area (Å²) in [5.74, 6) is -0.239. The molecule has 34 heavy (non-hydrogen) atoms. The molecule has 0 bridgehead atoms. The van der Waals surface area contributed by atoms with Crippen LogP contribution in [0.4, 0.5) is 4.79 Å². The molecule has 3 aromatic rings. The Morgan fingerprint density at radius 3 is 2.41 bits per heavy atom. The molecule has 1 aliphatic heterocycles. The molecule has 2 aromatic carbocycles. The Labute approximate surface area is 198 Å². The van der Waals surface area contributed by atoms with Crippen LogP contribution in [0.3, 0.4) is 0 Å². The monoisotopic (exact) mass is 460 g/mol. The summed E-state index contributed by atoms with van der Waals surface area (Å²) in [6.07, 6.45) is 1.87. The third-order valence-electron chi connectivity index (χ3n) is 5.88. The van der Waals surface area contributed by atoms with Crippen molar-refractivity contribution in [3.63, 3.8) is 0 Å². The van der Waals surface area contributed by atoms with E-state index < -0.39 is 6.09 Å². The summed E-state index contributed by atoms with van der Waals surface area (Å²) >= 11 is 0. The number of pyridine rings is 1. The summed E-state index contributed by atoms with van der Waals surface area (Å²) in [4.78, 5) is 39.4. The minimum atomic E-state index is -0.504. The van der Waals surface area contributed by atoms with E-state index >= 15 is 0 Å². The molecule has 2 atom stereocenters. The first-order chi connectivity index (χ1) is 16.5. The maximum atomic E-state index is 12.9. The van der Waals surface area contributed by atoms with Crippen molar-refractivity contribution in [3.05, 3.63) is 100 Å². The van der Waals surface area contributed by atoms with E-state index in [1.165, 1.54) is 10.6 Å². The number of amides is 2. The standard InChI is InChI=1S/C26H28N4O4/c1-29-16-14-22(28-26(33)34-18-19-7-3-2-4-8-19)23(17-29)27-25(32)20-10-12-21(13-11-20)30-15-6-5-9-24(30)31/h2-13,15,22-23H,14,16-18H2,1H3,(H,27,32)(H,28,33)/t22-,23+/m1/s1. The van der Waals surface area contributed by atoms with Gasteiger partial charge < -0.3 is 20.3 Å². The minimum Gasteiger partial charge on any atom is -0.445 e. The molecule has 2 N–H and O–H groups in total. The van der Waals surface area contributed by atoms with Gasteiger partial charge in [0.15, 0.2) is 0 Å². The Morgan fingerprint density at radius 1 is 0.941 bits per heavy atom. The Kier molecular flexibility index (Phi) is 7.39. The second-order valence-electron chi connectivity index (χ2n) is 8.40. The Hall–Kier alpha value is -3.91. The molecule has 0 spiro atoms. The first kappa shape index (κ1) is 23.3. The lowest BCUT2D eigenvalue weighted by Crippen LogP contribution is -2.59. The molecule has 0 radical (unpaired) electrons. The minimum absolute atomic E-state index is 0.141. The number of aromatic nitrogens is 1. The lowest BCUT2D eigenvalue weighted by Gasteiger charge is -2.37. The summed E-state index contributed by atoms with van der Waals surface area (Å²) in [6.45, 7) is 1.59. The predicted molar refractivity (Wildman–Crippen MR) is 129 cm³/mol. The highest BCUT2D eigenvalue weighted by Crippen LogP contribution is 2.13. The molecule has 8 heteroatoms. The van der Waals surface area contributed by atoms with Crippen LogP contribution < -0.4 is 16.2 Å². The molecule has 1 aliphatic rings. The summed E-state index contributed by atoms with van der Waals surface area (Å²) in [6, 6.07) is 20.8. The fourth-order valence-corrected chi connectivity index (χ4v) is 4.02. The van der Waals surface area contributed by atoms with Gasteiger partial charge in [0.2, 0.25) is 0 Å². The Bertz CT molecular complexity index is 1180. The topological polar surface area (TPSA) is 92.7 Å². The van der Waals surface area contributed by atoms with Gasteiger partial charge in [-0.3, -0.25) is 14.2 Å². The van der Waals surface area contributed by atoms with Crippen LogP contribution in [0.15, 0.2) is 83.8 Å². The molecule has 2 amide bonds. The average molecular weight is 461 g/mol. The predicted octanol–water partition coefficient (Wildman–Crippen LogP) is 2.57. The van der Waals surface area contributed by atoms with Gasteiger partial charge in [-0.25, -0.2) is 4.79 Å². The van der Waals surface area contributed by atoms with Crippen molar-refractivity contribution in [3.8, 4) is 5.69 Å². The van der Waals surface area contributed by atoms with Crippen molar-refractivity contribution in [2.45, 2.75) is 25.1 Å². The van der Waals surface area contributed by atoms with E-state index in [0.717, 1.165) is 12.1 Å². The van der Waals surface area contributed by atoms with Crippen LogP contribution in [-0.4, -0.2) is 53.7 Å². The van der Waals surface area contributed by atoms with Gasteiger partial charge in [0.1, 0.15) is 6.61 Å². The molecule has 0 unspecified atom stereocenters. The highest BCUT2D eigenvalue weighted by atomic mass is 16.5. The van der Waals surface area contributed by atoms with E-state index in [9.17, 15) is 14.4 Å². The molecular weight excluding hydrogens is 432 g/mol. The normalized spacial score (nSPS) is 18.1. The van der Waals surface area contributed by atoms with Crippen molar-refractivity contribution >= 4 is 12.0 Å². The van der Waals surface area contributed by atoms with E-state index in [0.29, 0.717) is 24.2 Å². The van der Waals surface area contributed by atoms with E-state index in [1.54, 1.807) is 42.6 Å². The number of hydrogen-bond acceptors (Lipinski definition) is 5. The summed E-state index contributed by atoms with van der Waals surface area (Å²) in [5, 5.41) is 5.96. The zero-order valence-electron chi connectivity index (χ0n) is 19.0. The van der Waals surface area contributed by atoms with Gasteiger partial charge in [-0.15, -0.1) is 0 Å². The van der Waals surface area contributed by atoms with Gasteiger partial charge in [0, 0.05) is 30.1 Å². The summed E-state index contributed by atoms with van der Waals surface area (Å²) in [7, 11) is 1.98. The van der Waals surface area contributed by atoms with Crippen molar-refractivity contribution in [1.29, 1.82) is 0 Å². The maximum Gasteiger partial charge on any atom is 0.407 e. The van der Waals surface area contributed by atoms with Gasteiger partial charge in [-0.05, 0) is 55.9 Å². The smallest absolute Gasteiger partial charge is 0.407 e. The first-order valence-electron chi connectivity index (χ1n) is 11.2. The second-order valence-corrected chi connectivity index (χ2v) is 8.40. The molecule has 0 aliphatic carbocycles. The van der Waals surface area contributed by atoms with E-state index in [1.807, 2.05) is 37.4 Å². The van der Waals surface area contributed by atoms with Gasteiger partial charge in [0.05, 0.1) is 12.1 Å². The van der Waals surface area contributed by atoms with E-state index in [2.05, 4.69) is 15.5 Å². The quantitative estimate of drug-likeness (QED) is 0.590. The third kappa shape index (κ3) is 5.90. The van der Waals surface area contributed by atoms with Gasteiger partial charge in [-0.2, -0.15) is 0 Å². The number of carbonyl (C=O) groups is 2. The Morgan fingerprint density at radius 2 is 1.68 bits per heavy atom. The number of rotatable bonds is 6. The van der Waals surface area contributed by atoms with Crippen molar-refractivity contribution in [2.24, 2.45) is 0 Å². The molecule has 176 valence electrons. The van der Waals surface area contributed by atoms with Crippen LogP contribution in [0.5, 0.6) is 0 Å². The van der Waals surface area contributed by atoms with Crippen LogP contribution in [0.25, 0.3) is 5.69 Å². The first-order valence-corrected chi connectivity index (χ1v) is 11.2. The van der Waals surface area contributed by atoms with Gasteiger partial charge >= 0.3 is 6.09 Å². The van der Waals surface area contributed by atoms with Crippen LogP contribution >= 0.6 is 0 Å². The number of piperidine rings is 1. The molecule has 4 rings (SSSR count). The number of benzene rings is 2. The largest absolute Gasteiger partial charge is 0.445 e. The van der Waals surface area contributed by atoms with Crippen molar-refractivity contribution in [1.82, 2.24) is 20.1 Å². The van der Waals surface area contributed by atoms with Crippen LogP contribution in [0.2, 0.25) is 0 Å². The second kappa shape index (κ2) is 10.8. The highest BCUT2D eigenvalue weighted by molar-refractivity contribution is 5.94. The molecule has 2 heterocycles. The molecule has 0 saturated carbocycles. The molecule has 1 aromatic heterocycles. The Balaban J connectivity index is 1.38. The summed E-state index contributed by atoms with van der Waals surface area (Å²) < 4.78 is 6.87. The average Bonchev–Trinajstić information content (AvgIpc) is 2.85. The van der Waals surface area contributed by atoms with Crippen LogP contribution in [0.1, 0.15) is 22.3 Å². The third-order valence-corrected chi connectivity index (χ3v) is 5.88. The van der Waals surface area contributed by atoms with Crippen molar-refractivity contribution in [2.75, 3.05) is 20.1 Å². The molecular formula is C26H28N4O4. The lowest BCUT2D eigenvalue weighted by molar-refractivity contribution is 0.0871. The molecule has 1 saturated heterocycles. The molecule has 1 fully saturated rings. The molecule has 8 nitrogen and oxygen atoms in total. The lowest BCUT2D eigenvalue weighted by atomic mass is 9.99. The number of likely N-dealkylation sites (N-methyl/N-ethyl adjacent to an activating group) is 1. The number of nitrogens with zero attached hydrogens (tertiary/aromatic N) is 2. The number of nitrogens with one attached hydrogen (secondary N) is 2. The maximum absolute atomic E-state index is 12.9. The number of carbonyl (C=O) groups excluding carboxylic acids is 2. The van der Waals surface area contributed by atoms with Gasteiger partial charge in [0.25, 0.3) is 11.5 Å². The number of hydrogen-bond donors (Lipinski definition) is 2. The fourth-order valence-electron chi connectivity index (χ4n) is 4.02. The SMILES string of the molecule is CN1CC[C@@H](NC(=O)OCc2ccccc2)[C@@H](NC(=O)c2ccc(-n3ccccc3=O)cc2)C1. The van der Waals surface area contributed by atoms with Crippen molar-refractivity contribution < 1.29 is 14.3 Å². The number of ether oxygens (including phenoxy) is 1. The fraction of sp³-hybridized carbons (Fsp3) is 0.269. The zero-order valence-corrected chi connectivity index (χ0v) is 19.0. The van der Waals surface area contributed by atoms with E-state index in [-0.39, 0.29) is 30.2 Å². The highest BCUT2D eigenvalue weighted by Gasteiger charge is 2.30. The number of alkyl carbamates (subject to hydrolysis) is 1.